The lowest BCUT2D eigenvalue weighted by atomic mass is 9.96. The number of rotatable bonds is 5. The molecule has 1 aromatic carbocycles. The minimum Gasteiger partial charge on any atom is -0.382 e. The molecule has 2 aromatic rings. The van der Waals surface area contributed by atoms with E-state index in [-0.39, 0.29) is 5.82 Å². The minimum absolute atomic E-state index is 0.295. The van der Waals surface area contributed by atoms with E-state index in [4.69, 9.17) is 0 Å². The molecule has 98 valence electrons. The summed E-state index contributed by atoms with van der Waals surface area (Å²) in [4.78, 5) is 4.13. The van der Waals surface area contributed by atoms with Crippen LogP contribution in [0.2, 0.25) is 0 Å². The van der Waals surface area contributed by atoms with Gasteiger partial charge in [0.05, 0.1) is 5.69 Å². The number of benzene rings is 1. The Hall–Kier alpha value is -2.00. The normalized spacial score (nSPS) is 12.1. The fourth-order valence-corrected chi connectivity index (χ4v) is 2.01. The highest BCUT2D eigenvalue weighted by Gasteiger charge is 2.15. The molecule has 0 saturated heterocycles. The predicted octanol–water partition coefficient (Wildman–Crippen LogP) is 3.42. The van der Waals surface area contributed by atoms with Crippen molar-refractivity contribution in [2.45, 2.75) is 18.9 Å². The second kappa shape index (κ2) is 6.25. The molecule has 1 aromatic heterocycles. The molecule has 1 unspecified atom stereocenters. The van der Waals surface area contributed by atoms with Crippen LogP contribution in [-0.4, -0.2) is 10.1 Å². The zero-order valence-corrected chi connectivity index (χ0v) is 10.6. The van der Waals surface area contributed by atoms with Gasteiger partial charge in [-0.15, -0.1) is 6.58 Å². The van der Waals surface area contributed by atoms with E-state index in [0.717, 1.165) is 12.0 Å². The average Bonchev–Trinajstić information content (AvgIpc) is 2.45. The van der Waals surface area contributed by atoms with Gasteiger partial charge in [-0.2, -0.15) is 0 Å². The fourth-order valence-electron chi connectivity index (χ4n) is 2.01. The Bertz CT molecular complexity index is 554. The first-order chi connectivity index (χ1) is 9.22. The van der Waals surface area contributed by atoms with Crippen molar-refractivity contribution in [3.63, 3.8) is 0 Å². The van der Waals surface area contributed by atoms with Crippen LogP contribution in [-0.2, 0) is 6.42 Å². The Kier molecular flexibility index (Phi) is 4.42. The third-order valence-electron chi connectivity index (χ3n) is 2.99. The molecule has 1 N–H and O–H groups in total. The molecule has 0 radical (unpaired) electrons. The molecule has 1 heterocycles. The van der Waals surface area contributed by atoms with E-state index in [1.165, 1.54) is 12.1 Å². The smallest absolute Gasteiger partial charge is 0.123 e. The van der Waals surface area contributed by atoms with Crippen molar-refractivity contribution in [3.8, 4) is 0 Å². The summed E-state index contributed by atoms with van der Waals surface area (Å²) in [7, 11) is 0. The van der Waals surface area contributed by atoms with Crippen LogP contribution < -0.4 is 0 Å². The first-order valence-corrected chi connectivity index (χ1v) is 6.20. The fraction of sp³-hybridized carbons (Fsp3) is 0.188. The molecule has 19 heavy (non-hydrogen) atoms. The van der Waals surface area contributed by atoms with Gasteiger partial charge in [0.15, 0.2) is 0 Å². The Morgan fingerprint density at radius 2 is 2.16 bits per heavy atom. The molecule has 0 aliphatic carbocycles. The van der Waals surface area contributed by atoms with Crippen LogP contribution in [0.4, 0.5) is 4.39 Å². The van der Waals surface area contributed by atoms with Crippen LogP contribution >= 0.6 is 0 Å². The van der Waals surface area contributed by atoms with Gasteiger partial charge in [-0.3, -0.25) is 4.98 Å². The first-order valence-electron chi connectivity index (χ1n) is 6.20. The van der Waals surface area contributed by atoms with Gasteiger partial charge < -0.3 is 5.11 Å². The summed E-state index contributed by atoms with van der Waals surface area (Å²) in [6.45, 7) is 3.66. The van der Waals surface area contributed by atoms with Gasteiger partial charge in [0.1, 0.15) is 11.9 Å². The van der Waals surface area contributed by atoms with Gasteiger partial charge >= 0.3 is 0 Å². The predicted molar refractivity (Wildman–Crippen MR) is 73.2 cm³/mol. The molecule has 0 fully saturated rings. The monoisotopic (exact) mass is 257 g/mol. The minimum atomic E-state index is -0.832. The van der Waals surface area contributed by atoms with Crippen LogP contribution in [0, 0.1) is 5.82 Å². The number of allylic oxidation sites excluding steroid dienone is 1. The molecule has 3 heteroatoms. The summed E-state index contributed by atoms with van der Waals surface area (Å²) in [6.07, 6.45) is 3.97. The SMILES string of the molecule is C=CCCc1cc(F)ccc1C(O)c1ccccn1. The van der Waals surface area contributed by atoms with Crippen LogP contribution in [0.15, 0.2) is 55.3 Å². The summed E-state index contributed by atoms with van der Waals surface area (Å²) < 4.78 is 13.3. The maximum atomic E-state index is 13.3. The van der Waals surface area contributed by atoms with E-state index in [9.17, 15) is 9.50 Å². The highest BCUT2D eigenvalue weighted by molar-refractivity contribution is 5.34. The van der Waals surface area contributed by atoms with E-state index in [0.29, 0.717) is 17.7 Å². The average molecular weight is 257 g/mol. The van der Waals surface area contributed by atoms with Crippen LogP contribution in [0.3, 0.4) is 0 Å². The van der Waals surface area contributed by atoms with Crippen molar-refractivity contribution in [1.82, 2.24) is 4.98 Å². The van der Waals surface area contributed by atoms with E-state index >= 15 is 0 Å². The lowest BCUT2D eigenvalue weighted by molar-refractivity contribution is 0.214. The van der Waals surface area contributed by atoms with Crippen molar-refractivity contribution in [2.24, 2.45) is 0 Å². The third-order valence-corrected chi connectivity index (χ3v) is 2.99. The Morgan fingerprint density at radius 1 is 1.32 bits per heavy atom. The number of aromatic nitrogens is 1. The van der Waals surface area contributed by atoms with E-state index < -0.39 is 6.10 Å². The van der Waals surface area contributed by atoms with Crippen molar-refractivity contribution in [1.29, 1.82) is 0 Å². The molecule has 0 spiro atoms. The van der Waals surface area contributed by atoms with Gasteiger partial charge in [0.2, 0.25) is 0 Å². The van der Waals surface area contributed by atoms with Gasteiger partial charge in [-0.1, -0.05) is 18.2 Å². The van der Waals surface area contributed by atoms with Crippen LogP contribution in [0.25, 0.3) is 0 Å². The zero-order chi connectivity index (χ0) is 13.7. The standard InChI is InChI=1S/C16H16FNO/c1-2-3-6-12-11-13(17)8-9-14(12)16(19)15-7-4-5-10-18-15/h2,4-5,7-11,16,19H,1,3,6H2. The number of hydrogen-bond donors (Lipinski definition) is 1. The molecule has 0 aliphatic rings. The summed E-state index contributed by atoms with van der Waals surface area (Å²) in [5.74, 6) is -0.295. The van der Waals surface area contributed by atoms with Gasteiger partial charge in [-0.05, 0) is 48.2 Å². The Labute approximate surface area is 112 Å². The molecule has 0 saturated carbocycles. The lowest BCUT2D eigenvalue weighted by Crippen LogP contribution is -2.06. The molecule has 2 rings (SSSR count). The quantitative estimate of drug-likeness (QED) is 0.832. The van der Waals surface area contributed by atoms with E-state index in [1.807, 2.05) is 6.07 Å². The maximum Gasteiger partial charge on any atom is 0.123 e. The highest BCUT2D eigenvalue weighted by atomic mass is 19.1. The van der Waals surface area contributed by atoms with Crippen molar-refractivity contribution < 1.29 is 9.50 Å². The van der Waals surface area contributed by atoms with E-state index in [2.05, 4.69) is 11.6 Å². The topological polar surface area (TPSA) is 33.1 Å². The number of pyridine rings is 1. The summed E-state index contributed by atoms with van der Waals surface area (Å²) in [5.41, 5.74) is 2.05. The third kappa shape index (κ3) is 3.26. The van der Waals surface area contributed by atoms with Crippen LogP contribution in [0.5, 0.6) is 0 Å². The summed E-state index contributed by atoms with van der Waals surface area (Å²) in [5, 5.41) is 10.4. The molecule has 0 aliphatic heterocycles. The molecular formula is C16H16FNO. The zero-order valence-electron chi connectivity index (χ0n) is 10.6. The summed E-state index contributed by atoms with van der Waals surface area (Å²) >= 11 is 0. The lowest BCUT2D eigenvalue weighted by Gasteiger charge is -2.15. The number of aliphatic hydroxyl groups is 1. The van der Waals surface area contributed by atoms with Crippen molar-refractivity contribution in [2.75, 3.05) is 0 Å². The molecular weight excluding hydrogens is 241 g/mol. The Morgan fingerprint density at radius 3 is 2.84 bits per heavy atom. The molecule has 0 bridgehead atoms. The van der Waals surface area contributed by atoms with E-state index in [1.54, 1.807) is 30.5 Å². The van der Waals surface area contributed by atoms with Crippen molar-refractivity contribution >= 4 is 0 Å². The molecule has 0 amide bonds. The van der Waals surface area contributed by atoms with Gasteiger partial charge in [0.25, 0.3) is 0 Å². The number of aryl methyl sites for hydroxylation is 1. The number of aliphatic hydroxyl groups excluding tert-OH is 1. The second-order valence-corrected chi connectivity index (χ2v) is 4.33. The summed E-state index contributed by atoms with van der Waals surface area (Å²) in [6, 6.07) is 9.81. The number of nitrogens with zero attached hydrogens (tertiary/aromatic N) is 1. The highest BCUT2D eigenvalue weighted by Crippen LogP contribution is 2.25. The molecule has 1 atom stereocenters. The second-order valence-electron chi connectivity index (χ2n) is 4.33. The van der Waals surface area contributed by atoms with Gasteiger partial charge in [-0.25, -0.2) is 4.39 Å². The Balaban J connectivity index is 2.35. The van der Waals surface area contributed by atoms with Crippen molar-refractivity contribution in [3.05, 3.63) is 77.9 Å². The first kappa shape index (κ1) is 13.4. The number of hydrogen-bond acceptors (Lipinski definition) is 2. The largest absolute Gasteiger partial charge is 0.382 e. The molecule has 2 nitrogen and oxygen atoms in total. The maximum absolute atomic E-state index is 13.3. The number of halogens is 1. The van der Waals surface area contributed by atoms with Gasteiger partial charge in [0, 0.05) is 6.20 Å². The van der Waals surface area contributed by atoms with Crippen LogP contribution in [0.1, 0.15) is 29.3 Å².